The van der Waals surface area contributed by atoms with Gasteiger partial charge in [0, 0.05) is 14.8 Å². The highest BCUT2D eigenvalue weighted by atomic mass is 127. The zero-order chi connectivity index (χ0) is 28.6. The van der Waals surface area contributed by atoms with Crippen LogP contribution in [-0.4, -0.2) is 41.3 Å². The minimum absolute atomic E-state index is 0.0381. The molecule has 8 nitrogen and oxygen atoms in total. The first-order valence-corrected chi connectivity index (χ1v) is 12.0. The number of primary amides is 1. The fraction of sp³-hybridized carbons (Fsp3) is 0.167. The SMILES string of the molecule is Cc1cc(I)ccc1Nc1c(C(=O)NOCC(O)CO)cc(Cl)c(F)c1F.NC(=O)c1ccc(F)c(F)c1. The van der Waals surface area contributed by atoms with Gasteiger partial charge in [-0.15, -0.1) is 0 Å². The van der Waals surface area contributed by atoms with Gasteiger partial charge in [0.25, 0.3) is 5.91 Å². The highest BCUT2D eigenvalue weighted by molar-refractivity contribution is 14.1. The van der Waals surface area contributed by atoms with Gasteiger partial charge in [-0.05, 0) is 77.5 Å². The molecule has 2 amide bonds. The van der Waals surface area contributed by atoms with Gasteiger partial charge in [-0.1, -0.05) is 11.6 Å². The molecule has 0 spiro atoms. The van der Waals surface area contributed by atoms with Crippen LogP contribution in [0, 0.1) is 33.8 Å². The van der Waals surface area contributed by atoms with Crippen LogP contribution < -0.4 is 16.5 Å². The zero-order valence-corrected chi connectivity index (χ0v) is 22.4. The Bertz CT molecular complexity index is 1330. The number of hydroxylamine groups is 1. The lowest BCUT2D eigenvalue weighted by Crippen LogP contribution is -2.30. The molecule has 1 atom stereocenters. The maximum absolute atomic E-state index is 14.5. The number of aryl methyl sites for hydroxylation is 1. The van der Waals surface area contributed by atoms with Gasteiger partial charge < -0.3 is 21.3 Å². The van der Waals surface area contributed by atoms with E-state index in [9.17, 15) is 32.3 Å². The minimum atomic E-state index is -1.32. The van der Waals surface area contributed by atoms with E-state index in [2.05, 4.69) is 27.9 Å². The number of nitrogens with two attached hydrogens (primary N) is 1. The average Bonchev–Trinajstić information content (AvgIpc) is 2.87. The monoisotopic (exact) mass is 669 g/mol. The van der Waals surface area contributed by atoms with E-state index >= 15 is 0 Å². The number of nitrogens with one attached hydrogen (secondary N) is 2. The van der Waals surface area contributed by atoms with Crippen molar-refractivity contribution in [2.45, 2.75) is 13.0 Å². The molecule has 38 heavy (non-hydrogen) atoms. The van der Waals surface area contributed by atoms with Crippen molar-refractivity contribution in [3.05, 3.63) is 91.0 Å². The Kier molecular flexibility index (Phi) is 11.7. The summed E-state index contributed by atoms with van der Waals surface area (Å²) in [7, 11) is 0. The Hall–Kier alpha value is -2.98. The number of hydrogen-bond donors (Lipinski definition) is 5. The zero-order valence-electron chi connectivity index (χ0n) is 19.5. The minimum Gasteiger partial charge on any atom is -0.394 e. The van der Waals surface area contributed by atoms with Gasteiger partial charge in [-0.25, -0.2) is 23.0 Å². The van der Waals surface area contributed by atoms with Crippen LogP contribution in [0.3, 0.4) is 0 Å². The van der Waals surface area contributed by atoms with E-state index in [0.29, 0.717) is 5.69 Å². The first-order chi connectivity index (χ1) is 17.8. The number of rotatable bonds is 8. The van der Waals surface area contributed by atoms with Crippen molar-refractivity contribution in [2.75, 3.05) is 18.5 Å². The van der Waals surface area contributed by atoms with Crippen molar-refractivity contribution in [3.63, 3.8) is 0 Å². The smallest absolute Gasteiger partial charge is 0.277 e. The first-order valence-electron chi connectivity index (χ1n) is 10.5. The van der Waals surface area contributed by atoms with Crippen molar-refractivity contribution < 1.29 is 42.2 Å². The normalized spacial score (nSPS) is 11.3. The quantitative estimate of drug-likeness (QED) is 0.105. The number of benzene rings is 3. The molecule has 0 heterocycles. The van der Waals surface area contributed by atoms with Gasteiger partial charge in [0.05, 0.1) is 22.9 Å². The lowest BCUT2D eigenvalue weighted by molar-refractivity contribution is -0.0295. The first kappa shape index (κ1) is 31.2. The number of aliphatic hydroxyl groups is 2. The summed E-state index contributed by atoms with van der Waals surface area (Å²) in [5.74, 6) is -6.36. The second-order valence-electron chi connectivity index (χ2n) is 7.56. The Morgan fingerprint density at radius 2 is 1.76 bits per heavy atom. The molecule has 0 bridgehead atoms. The van der Waals surface area contributed by atoms with E-state index in [1.807, 2.05) is 11.5 Å². The van der Waals surface area contributed by atoms with E-state index in [0.717, 1.165) is 33.4 Å². The van der Waals surface area contributed by atoms with E-state index in [4.69, 9.17) is 27.3 Å². The summed E-state index contributed by atoms with van der Waals surface area (Å²) in [6.07, 6.45) is -1.20. The van der Waals surface area contributed by atoms with Crippen LogP contribution in [0.5, 0.6) is 0 Å². The number of amides is 2. The molecule has 3 aromatic rings. The van der Waals surface area contributed by atoms with Crippen LogP contribution in [-0.2, 0) is 4.84 Å². The fourth-order valence-electron chi connectivity index (χ4n) is 2.76. The second-order valence-corrected chi connectivity index (χ2v) is 9.22. The molecular weight excluding hydrogens is 649 g/mol. The average molecular weight is 670 g/mol. The standard InChI is InChI=1S/C17H16ClF2IN2O4.C7H5F2NO/c1-8-4-9(21)2-3-13(8)22-16-11(5-12(18)14(19)15(16)20)17(26)23-27-7-10(25)6-24;8-5-2-1-4(7(10)11)3-6(5)9/h2-5,10,22,24-25H,6-7H2,1H3,(H,23,26);1-3H,(H2,10,11). The predicted octanol–water partition coefficient (Wildman–Crippen LogP) is 4.35. The molecule has 1 unspecified atom stereocenters. The molecule has 0 saturated carbocycles. The van der Waals surface area contributed by atoms with Crippen LogP contribution in [0.1, 0.15) is 26.3 Å². The number of carbonyl (C=O) groups excluding carboxylic acids is 2. The molecule has 0 aromatic heterocycles. The lowest BCUT2D eigenvalue weighted by Gasteiger charge is -2.16. The van der Waals surface area contributed by atoms with E-state index in [-0.39, 0.29) is 11.1 Å². The van der Waals surface area contributed by atoms with Crippen LogP contribution in [0.25, 0.3) is 0 Å². The summed E-state index contributed by atoms with van der Waals surface area (Å²) < 4.78 is 53.9. The largest absolute Gasteiger partial charge is 0.394 e. The van der Waals surface area contributed by atoms with Crippen molar-refractivity contribution >= 4 is 57.4 Å². The molecule has 0 aliphatic carbocycles. The number of carbonyl (C=O) groups is 2. The van der Waals surface area contributed by atoms with Crippen molar-refractivity contribution in [2.24, 2.45) is 5.73 Å². The Morgan fingerprint density at radius 1 is 1.08 bits per heavy atom. The molecule has 0 fully saturated rings. The van der Waals surface area contributed by atoms with Crippen molar-refractivity contribution in [1.82, 2.24) is 5.48 Å². The third-order valence-electron chi connectivity index (χ3n) is 4.71. The summed E-state index contributed by atoms with van der Waals surface area (Å²) >= 11 is 7.77. The van der Waals surface area contributed by atoms with Crippen LogP contribution in [0.15, 0.2) is 42.5 Å². The highest BCUT2D eigenvalue weighted by Crippen LogP contribution is 2.32. The van der Waals surface area contributed by atoms with Gasteiger partial charge in [0.15, 0.2) is 23.3 Å². The van der Waals surface area contributed by atoms with E-state index < -0.39 is 65.1 Å². The van der Waals surface area contributed by atoms with Crippen molar-refractivity contribution in [3.8, 4) is 0 Å². The van der Waals surface area contributed by atoms with E-state index in [1.54, 1.807) is 19.1 Å². The Labute approximate surface area is 232 Å². The number of halogens is 6. The van der Waals surface area contributed by atoms with Gasteiger partial charge in [-0.2, -0.15) is 0 Å². The van der Waals surface area contributed by atoms with Gasteiger partial charge >= 0.3 is 0 Å². The van der Waals surface area contributed by atoms with Gasteiger partial charge in [0.2, 0.25) is 5.91 Å². The third-order valence-corrected chi connectivity index (χ3v) is 5.66. The molecule has 0 aliphatic heterocycles. The van der Waals surface area contributed by atoms with Crippen LogP contribution >= 0.6 is 34.2 Å². The molecular formula is C24H21ClF4IN3O5. The Balaban J connectivity index is 0.000000384. The molecule has 0 radical (unpaired) electrons. The van der Waals surface area contributed by atoms with Gasteiger partial charge in [-0.3, -0.25) is 14.4 Å². The molecule has 0 saturated heterocycles. The van der Waals surface area contributed by atoms with Crippen LogP contribution in [0.2, 0.25) is 5.02 Å². The van der Waals surface area contributed by atoms with E-state index in [1.165, 1.54) is 0 Å². The predicted molar refractivity (Wildman–Crippen MR) is 140 cm³/mol. The molecule has 3 aromatic carbocycles. The number of hydrogen-bond acceptors (Lipinski definition) is 6. The Morgan fingerprint density at radius 3 is 2.34 bits per heavy atom. The highest BCUT2D eigenvalue weighted by Gasteiger charge is 2.23. The third kappa shape index (κ3) is 8.52. The fourth-order valence-corrected chi connectivity index (χ4v) is 3.60. The molecule has 3 rings (SSSR count). The second kappa shape index (κ2) is 14.2. The molecule has 204 valence electrons. The molecule has 6 N–H and O–H groups in total. The number of aliphatic hydroxyl groups excluding tert-OH is 2. The summed E-state index contributed by atoms with van der Waals surface area (Å²) in [4.78, 5) is 27.5. The molecule has 14 heteroatoms. The summed E-state index contributed by atoms with van der Waals surface area (Å²) in [5, 5.41) is 20.1. The number of anilines is 2. The van der Waals surface area contributed by atoms with Crippen LogP contribution in [0.4, 0.5) is 28.9 Å². The molecule has 0 aliphatic rings. The summed E-state index contributed by atoms with van der Waals surface area (Å²) in [6, 6.07) is 8.96. The maximum Gasteiger partial charge on any atom is 0.277 e. The van der Waals surface area contributed by atoms with Gasteiger partial charge in [0.1, 0.15) is 12.7 Å². The van der Waals surface area contributed by atoms with Crippen molar-refractivity contribution in [1.29, 1.82) is 0 Å². The topological polar surface area (TPSA) is 134 Å². The lowest BCUT2D eigenvalue weighted by atomic mass is 10.1. The maximum atomic E-state index is 14.5. The summed E-state index contributed by atoms with van der Waals surface area (Å²) in [6.45, 7) is 0.818. The summed E-state index contributed by atoms with van der Waals surface area (Å²) in [5.41, 5.74) is 7.28.